The third-order valence-corrected chi connectivity index (χ3v) is 6.54. The lowest BCUT2D eigenvalue weighted by molar-refractivity contribution is -0.973. The molecule has 2 bridgehead atoms. The number of piperidine rings is 2. The number of methoxy groups -OCH3 is 1. The van der Waals surface area contributed by atoms with Crippen LogP contribution in [-0.2, 0) is 11.3 Å². The minimum absolute atomic E-state index is 0.537. The molecule has 2 aliphatic rings. The van der Waals surface area contributed by atoms with E-state index in [-0.39, 0.29) is 0 Å². The zero-order chi connectivity index (χ0) is 16.8. The van der Waals surface area contributed by atoms with Crippen molar-refractivity contribution < 1.29 is 9.64 Å². The fourth-order valence-corrected chi connectivity index (χ4v) is 5.32. The fourth-order valence-electron chi connectivity index (χ4n) is 4.31. The number of hydrogen-bond donors (Lipinski definition) is 3. The monoisotopic (exact) mass is 368 g/mol. The molecule has 3 rings (SSSR count). The lowest BCUT2D eigenvalue weighted by Crippen LogP contribution is -3.20. The highest BCUT2D eigenvalue weighted by Gasteiger charge is 2.41. The highest BCUT2D eigenvalue weighted by Crippen LogP contribution is 2.23. The van der Waals surface area contributed by atoms with Crippen molar-refractivity contribution in [2.24, 2.45) is 0 Å². The van der Waals surface area contributed by atoms with Crippen LogP contribution >= 0.6 is 23.6 Å². The molecule has 0 unspecified atom stereocenters. The van der Waals surface area contributed by atoms with E-state index >= 15 is 0 Å². The summed E-state index contributed by atoms with van der Waals surface area (Å²) in [4.78, 5) is 3.35. The summed E-state index contributed by atoms with van der Waals surface area (Å²) in [6.07, 6.45) is 7.61. The first kappa shape index (κ1) is 18.1. The molecule has 2 aliphatic heterocycles. The van der Waals surface area contributed by atoms with Gasteiger partial charge in [0, 0.05) is 39.1 Å². The van der Waals surface area contributed by atoms with Crippen LogP contribution in [0.5, 0.6) is 0 Å². The summed E-state index contributed by atoms with van der Waals surface area (Å²) in [7, 11) is 1.74. The van der Waals surface area contributed by atoms with E-state index in [9.17, 15) is 0 Å². The van der Waals surface area contributed by atoms with Crippen molar-refractivity contribution in [1.29, 1.82) is 0 Å². The molecule has 1 aromatic heterocycles. The number of hydrogen-bond acceptors (Lipinski definition) is 3. The summed E-state index contributed by atoms with van der Waals surface area (Å²) < 4.78 is 5.07. The van der Waals surface area contributed by atoms with Crippen molar-refractivity contribution in [3.63, 3.8) is 0 Å². The highest BCUT2D eigenvalue weighted by atomic mass is 32.1. The molecule has 1 aromatic rings. The maximum absolute atomic E-state index is 5.47. The summed E-state index contributed by atoms with van der Waals surface area (Å²) >= 11 is 7.37. The van der Waals surface area contributed by atoms with Gasteiger partial charge in [0.2, 0.25) is 0 Å². The number of quaternary nitrogens is 1. The quantitative estimate of drug-likeness (QED) is 0.506. The van der Waals surface area contributed by atoms with E-state index in [1.807, 2.05) is 16.2 Å². The molecule has 0 radical (unpaired) electrons. The zero-order valence-electron chi connectivity index (χ0n) is 14.6. The van der Waals surface area contributed by atoms with Crippen LogP contribution < -0.4 is 15.5 Å². The van der Waals surface area contributed by atoms with Gasteiger partial charge in [-0.3, -0.25) is 0 Å². The van der Waals surface area contributed by atoms with E-state index in [1.54, 1.807) is 7.11 Å². The molecule has 0 aliphatic carbocycles. The minimum Gasteiger partial charge on any atom is -0.385 e. The second-order valence-electron chi connectivity index (χ2n) is 7.07. The minimum atomic E-state index is 0.537. The van der Waals surface area contributed by atoms with Gasteiger partial charge in [-0.1, -0.05) is 6.07 Å². The lowest BCUT2D eigenvalue weighted by Gasteiger charge is -2.46. The third-order valence-electron chi connectivity index (χ3n) is 5.40. The van der Waals surface area contributed by atoms with Crippen LogP contribution in [0.4, 0.5) is 0 Å². The summed E-state index contributed by atoms with van der Waals surface area (Å²) in [6, 6.07) is 6.57. The van der Waals surface area contributed by atoms with E-state index in [0.29, 0.717) is 6.04 Å². The van der Waals surface area contributed by atoms with Crippen molar-refractivity contribution in [3.8, 4) is 0 Å². The van der Waals surface area contributed by atoms with Crippen molar-refractivity contribution >= 4 is 28.7 Å². The smallest absolute Gasteiger partial charge is 0.166 e. The Kier molecular flexibility index (Phi) is 6.89. The van der Waals surface area contributed by atoms with E-state index in [0.717, 1.165) is 36.8 Å². The van der Waals surface area contributed by atoms with Gasteiger partial charge in [0.05, 0.1) is 17.0 Å². The first-order valence-electron chi connectivity index (χ1n) is 9.17. The van der Waals surface area contributed by atoms with Gasteiger partial charge in [-0.2, -0.15) is 0 Å². The fraction of sp³-hybridized carbons (Fsp3) is 0.722. The third kappa shape index (κ3) is 4.91. The molecule has 0 amide bonds. The van der Waals surface area contributed by atoms with Gasteiger partial charge < -0.3 is 20.3 Å². The van der Waals surface area contributed by atoms with Crippen LogP contribution in [0.1, 0.15) is 43.4 Å². The highest BCUT2D eigenvalue weighted by molar-refractivity contribution is 7.80. The van der Waals surface area contributed by atoms with Crippen LogP contribution in [0, 0.1) is 0 Å². The SMILES string of the molecule is COCCCNC(=S)NC1C[C@H]2CCC[C@H](C1)[NH+]2Cc1cccs1. The summed E-state index contributed by atoms with van der Waals surface area (Å²) in [6.45, 7) is 2.87. The number of ether oxygens (including phenoxy) is 1. The molecule has 0 spiro atoms. The maximum Gasteiger partial charge on any atom is 0.166 e. The largest absolute Gasteiger partial charge is 0.385 e. The van der Waals surface area contributed by atoms with Crippen molar-refractivity contribution in [2.75, 3.05) is 20.3 Å². The number of thiophene rings is 1. The summed E-state index contributed by atoms with van der Waals surface area (Å²) in [5.74, 6) is 0. The molecular formula is C18H30N3OS2+. The molecule has 2 atom stereocenters. The van der Waals surface area contributed by atoms with Gasteiger partial charge in [0.25, 0.3) is 0 Å². The molecule has 6 heteroatoms. The topological polar surface area (TPSA) is 37.7 Å². The van der Waals surface area contributed by atoms with E-state index in [4.69, 9.17) is 17.0 Å². The number of fused-ring (bicyclic) bond motifs is 2. The van der Waals surface area contributed by atoms with Gasteiger partial charge in [-0.05, 0) is 49.3 Å². The van der Waals surface area contributed by atoms with Crippen molar-refractivity contribution in [1.82, 2.24) is 10.6 Å². The average Bonchev–Trinajstić information content (AvgIpc) is 3.05. The number of rotatable bonds is 7. The van der Waals surface area contributed by atoms with Crippen LogP contribution in [0.2, 0.25) is 0 Å². The number of nitrogens with one attached hydrogen (secondary N) is 3. The number of thiocarbonyl (C=S) groups is 1. The first-order valence-corrected chi connectivity index (χ1v) is 10.5. The van der Waals surface area contributed by atoms with Crippen LogP contribution in [0.25, 0.3) is 0 Å². The molecular weight excluding hydrogens is 338 g/mol. The molecule has 2 fully saturated rings. The normalized spacial score (nSPS) is 29.2. The molecule has 3 N–H and O–H groups in total. The Morgan fingerprint density at radius 1 is 1.38 bits per heavy atom. The van der Waals surface area contributed by atoms with Crippen LogP contribution in [0.15, 0.2) is 17.5 Å². The van der Waals surface area contributed by atoms with Crippen molar-refractivity contribution in [3.05, 3.63) is 22.4 Å². The molecule has 0 saturated carbocycles. The Hall–Kier alpha value is -0.690. The van der Waals surface area contributed by atoms with Crippen LogP contribution in [-0.4, -0.2) is 43.5 Å². The second kappa shape index (κ2) is 9.13. The molecule has 2 saturated heterocycles. The average molecular weight is 369 g/mol. The van der Waals surface area contributed by atoms with Gasteiger partial charge in [0.15, 0.2) is 5.11 Å². The Bertz CT molecular complexity index is 494. The summed E-state index contributed by atoms with van der Waals surface area (Å²) in [5.41, 5.74) is 0. The second-order valence-corrected chi connectivity index (χ2v) is 8.51. The molecule has 0 aromatic carbocycles. The Labute approximate surface area is 155 Å². The Morgan fingerprint density at radius 3 is 2.83 bits per heavy atom. The standard InChI is InChI=1S/C18H29N3OS2/c1-22-9-4-8-19-18(23)20-14-11-15-5-2-6-16(12-14)21(15)13-17-7-3-10-24-17/h3,7,10,14-16H,2,4-6,8-9,11-13H2,1H3,(H2,19,20,23)/p+1/t15-,16-/m1/s1. The lowest BCUT2D eigenvalue weighted by atomic mass is 9.81. The molecule has 134 valence electrons. The predicted octanol–water partition coefficient (Wildman–Crippen LogP) is 1.72. The maximum atomic E-state index is 5.47. The van der Waals surface area contributed by atoms with Crippen LogP contribution in [0.3, 0.4) is 0 Å². The van der Waals surface area contributed by atoms with Gasteiger partial charge in [-0.25, -0.2) is 0 Å². The molecule has 3 heterocycles. The Balaban J connectivity index is 1.48. The molecule has 4 nitrogen and oxygen atoms in total. The zero-order valence-corrected chi connectivity index (χ0v) is 16.2. The summed E-state index contributed by atoms with van der Waals surface area (Å²) in [5, 5.41) is 9.90. The van der Waals surface area contributed by atoms with Gasteiger partial charge in [0.1, 0.15) is 6.54 Å². The molecule has 24 heavy (non-hydrogen) atoms. The predicted molar refractivity (Wildman–Crippen MR) is 104 cm³/mol. The van der Waals surface area contributed by atoms with E-state index in [2.05, 4.69) is 28.1 Å². The van der Waals surface area contributed by atoms with E-state index in [1.165, 1.54) is 43.5 Å². The Morgan fingerprint density at radius 2 is 2.17 bits per heavy atom. The van der Waals surface area contributed by atoms with E-state index < -0.39 is 0 Å². The van der Waals surface area contributed by atoms with Crippen molar-refractivity contribution in [2.45, 2.75) is 63.2 Å². The van der Waals surface area contributed by atoms with Gasteiger partial charge >= 0.3 is 0 Å². The van der Waals surface area contributed by atoms with Gasteiger partial charge in [-0.15, -0.1) is 11.3 Å². The first-order chi connectivity index (χ1) is 11.8.